The third kappa shape index (κ3) is 1.51. The van der Waals surface area contributed by atoms with E-state index in [0.29, 0.717) is 16.6 Å². The maximum Gasteiger partial charge on any atom is 0.133 e. The van der Waals surface area contributed by atoms with Gasteiger partial charge in [-0.2, -0.15) is 0 Å². The zero-order chi connectivity index (χ0) is 10.4. The molecule has 0 bridgehead atoms. The predicted molar refractivity (Wildman–Crippen MR) is 57.8 cm³/mol. The Morgan fingerprint density at radius 1 is 1.07 bits per heavy atom. The molecule has 79 valence electrons. The molecule has 0 aromatic heterocycles. The first kappa shape index (κ1) is 10.2. The van der Waals surface area contributed by atoms with Crippen LogP contribution >= 0.6 is 0 Å². The van der Waals surface area contributed by atoms with Gasteiger partial charge in [0.2, 0.25) is 0 Å². The number of rotatable bonds is 0. The quantitative estimate of drug-likeness (QED) is 0.575. The Hall–Kier alpha value is -0.330. The van der Waals surface area contributed by atoms with E-state index >= 15 is 0 Å². The highest BCUT2D eigenvalue weighted by molar-refractivity contribution is 5.82. The Balaban J connectivity index is 2.26. The van der Waals surface area contributed by atoms with Crippen LogP contribution in [-0.2, 0) is 4.79 Å². The van der Waals surface area contributed by atoms with Crippen LogP contribution in [0.15, 0.2) is 0 Å². The van der Waals surface area contributed by atoms with Crippen molar-refractivity contribution in [3.8, 4) is 0 Å². The summed E-state index contributed by atoms with van der Waals surface area (Å²) in [7, 11) is 0. The topological polar surface area (TPSA) is 17.1 Å². The average molecular weight is 193 g/mol. The lowest BCUT2D eigenvalue weighted by atomic mass is 9.51. The van der Waals surface area contributed by atoms with E-state index in [1.807, 2.05) is 0 Å². The molecule has 0 heterocycles. The van der Waals surface area contributed by atoms with Gasteiger partial charge in [-0.05, 0) is 36.0 Å². The standard InChI is InChI=1S/C13H21O/c1-12(2)6-4-7-13(3)8-5-10(14)9-11(12)13/h4-9H2,1-3H3/t13-/m1/s1. The smallest absolute Gasteiger partial charge is 0.133 e. The van der Waals surface area contributed by atoms with Crippen LogP contribution in [0.25, 0.3) is 0 Å². The molecule has 0 N–H and O–H groups in total. The van der Waals surface area contributed by atoms with Gasteiger partial charge in [0.05, 0.1) is 0 Å². The number of carbonyl (C=O) groups is 1. The molecule has 2 aliphatic rings. The summed E-state index contributed by atoms with van der Waals surface area (Å²) in [6.07, 6.45) is 6.59. The Morgan fingerprint density at radius 2 is 1.79 bits per heavy atom. The zero-order valence-electron chi connectivity index (χ0n) is 9.65. The lowest BCUT2D eigenvalue weighted by Crippen LogP contribution is -2.44. The van der Waals surface area contributed by atoms with Crippen molar-refractivity contribution in [2.45, 2.75) is 59.3 Å². The summed E-state index contributed by atoms with van der Waals surface area (Å²) >= 11 is 0. The lowest BCUT2D eigenvalue weighted by Gasteiger charge is -2.52. The van der Waals surface area contributed by atoms with E-state index in [9.17, 15) is 4.79 Å². The van der Waals surface area contributed by atoms with Gasteiger partial charge in [0.1, 0.15) is 5.78 Å². The highest BCUT2D eigenvalue weighted by atomic mass is 16.1. The minimum absolute atomic E-state index is 0.309. The van der Waals surface area contributed by atoms with Crippen LogP contribution in [0, 0.1) is 16.7 Å². The van der Waals surface area contributed by atoms with Crippen molar-refractivity contribution >= 4 is 5.78 Å². The molecule has 1 nitrogen and oxygen atoms in total. The minimum atomic E-state index is 0.309. The molecule has 2 fully saturated rings. The molecule has 0 amide bonds. The fourth-order valence-corrected chi connectivity index (χ4v) is 3.47. The van der Waals surface area contributed by atoms with Crippen LogP contribution in [0.4, 0.5) is 0 Å². The normalized spacial score (nSPS) is 38.1. The van der Waals surface area contributed by atoms with Gasteiger partial charge < -0.3 is 0 Å². The Labute approximate surface area is 87.3 Å². The van der Waals surface area contributed by atoms with Crippen molar-refractivity contribution in [3.05, 3.63) is 5.92 Å². The molecule has 2 saturated carbocycles. The number of fused-ring (bicyclic) bond motifs is 1. The first-order valence-electron chi connectivity index (χ1n) is 5.83. The Kier molecular flexibility index (Phi) is 2.24. The maximum atomic E-state index is 11.5. The van der Waals surface area contributed by atoms with E-state index < -0.39 is 0 Å². The second kappa shape index (κ2) is 3.08. The van der Waals surface area contributed by atoms with Gasteiger partial charge in [0.25, 0.3) is 0 Å². The van der Waals surface area contributed by atoms with Crippen molar-refractivity contribution in [1.82, 2.24) is 0 Å². The summed E-state index contributed by atoms with van der Waals surface area (Å²) < 4.78 is 0. The predicted octanol–water partition coefficient (Wildman–Crippen LogP) is 3.53. The van der Waals surface area contributed by atoms with E-state index in [4.69, 9.17) is 0 Å². The summed E-state index contributed by atoms with van der Waals surface area (Å²) in [4.78, 5) is 11.5. The largest absolute Gasteiger partial charge is 0.300 e. The summed E-state index contributed by atoms with van der Waals surface area (Å²) in [5.74, 6) is 2.01. The van der Waals surface area contributed by atoms with Crippen molar-refractivity contribution in [2.75, 3.05) is 0 Å². The van der Waals surface area contributed by atoms with Crippen LogP contribution < -0.4 is 0 Å². The number of carbonyl (C=O) groups excluding carboxylic acids is 1. The fourth-order valence-electron chi connectivity index (χ4n) is 3.47. The molecule has 14 heavy (non-hydrogen) atoms. The molecule has 0 aromatic rings. The number of ketones is 1. The van der Waals surface area contributed by atoms with Crippen molar-refractivity contribution in [2.24, 2.45) is 10.8 Å². The SMILES string of the molecule is CC1(C)CCC[C@]2(C)CCC(=O)C[C]12. The molecule has 2 rings (SSSR count). The summed E-state index contributed by atoms with van der Waals surface area (Å²) in [5.41, 5.74) is 0.693. The van der Waals surface area contributed by atoms with Crippen LogP contribution in [0.5, 0.6) is 0 Å². The van der Waals surface area contributed by atoms with Crippen LogP contribution in [0.3, 0.4) is 0 Å². The highest BCUT2D eigenvalue weighted by Crippen LogP contribution is 2.58. The molecule has 1 atom stereocenters. The number of Topliss-reactive ketones (excluding diaryl/α,β-unsaturated/α-hetero) is 1. The van der Waals surface area contributed by atoms with Crippen LogP contribution in [0.2, 0.25) is 0 Å². The fraction of sp³-hybridized carbons (Fsp3) is 0.846. The molecule has 0 unspecified atom stereocenters. The first-order chi connectivity index (χ1) is 6.44. The molecule has 0 aromatic carbocycles. The van der Waals surface area contributed by atoms with Gasteiger partial charge in [-0.25, -0.2) is 0 Å². The van der Waals surface area contributed by atoms with Gasteiger partial charge in [0, 0.05) is 12.8 Å². The average Bonchev–Trinajstić information content (AvgIpc) is 2.08. The van der Waals surface area contributed by atoms with Gasteiger partial charge in [-0.3, -0.25) is 4.79 Å². The molecular formula is C13H21O. The van der Waals surface area contributed by atoms with E-state index in [0.717, 1.165) is 19.3 Å². The maximum absolute atomic E-state index is 11.5. The number of hydrogen-bond acceptors (Lipinski definition) is 1. The molecular weight excluding hydrogens is 172 g/mol. The third-order valence-electron chi connectivity index (χ3n) is 4.41. The van der Waals surface area contributed by atoms with Gasteiger partial charge >= 0.3 is 0 Å². The Morgan fingerprint density at radius 3 is 2.50 bits per heavy atom. The molecule has 2 aliphatic carbocycles. The monoisotopic (exact) mass is 193 g/mol. The van der Waals surface area contributed by atoms with E-state index in [2.05, 4.69) is 20.8 Å². The highest BCUT2D eigenvalue weighted by Gasteiger charge is 2.49. The Bertz CT molecular complexity index is 254. The second-order valence-electron chi connectivity index (χ2n) is 5.99. The zero-order valence-corrected chi connectivity index (χ0v) is 9.65. The van der Waals surface area contributed by atoms with Gasteiger partial charge in [-0.15, -0.1) is 0 Å². The second-order valence-corrected chi connectivity index (χ2v) is 5.99. The third-order valence-corrected chi connectivity index (χ3v) is 4.41. The summed E-state index contributed by atoms with van der Waals surface area (Å²) in [5, 5.41) is 0. The number of hydrogen-bond donors (Lipinski definition) is 0. The first-order valence-corrected chi connectivity index (χ1v) is 5.83. The van der Waals surface area contributed by atoms with E-state index in [-0.39, 0.29) is 0 Å². The van der Waals surface area contributed by atoms with Gasteiger partial charge in [-0.1, -0.05) is 27.2 Å². The minimum Gasteiger partial charge on any atom is -0.300 e. The molecule has 1 radical (unpaired) electrons. The van der Waals surface area contributed by atoms with Crippen LogP contribution in [-0.4, -0.2) is 5.78 Å². The van der Waals surface area contributed by atoms with Crippen molar-refractivity contribution in [1.29, 1.82) is 0 Å². The van der Waals surface area contributed by atoms with Gasteiger partial charge in [0.15, 0.2) is 0 Å². The molecule has 1 heteroatoms. The van der Waals surface area contributed by atoms with E-state index in [1.54, 1.807) is 5.92 Å². The summed E-state index contributed by atoms with van der Waals surface area (Å²) in [6, 6.07) is 0. The van der Waals surface area contributed by atoms with E-state index in [1.165, 1.54) is 19.3 Å². The molecule has 0 saturated heterocycles. The van der Waals surface area contributed by atoms with Crippen molar-refractivity contribution < 1.29 is 4.79 Å². The molecule has 0 spiro atoms. The lowest BCUT2D eigenvalue weighted by molar-refractivity contribution is -0.122. The molecule has 0 aliphatic heterocycles. The van der Waals surface area contributed by atoms with Crippen LogP contribution in [0.1, 0.15) is 59.3 Å². The summed E-state index contributed by atoms with van der Waals surface area (Å²) in [6.45, 7) is 7.01. The van der Waals surface area contributed by atoms with Crippen molar-refractivity contribution in [3.63, 3.8) is 0 Å².